The maximum atomic E-state index is 12.1. The lowest BCUT2D eigenvalue weighted by Crippen LogP contribution is -2.34. The number of rotatable bonds is 1. The minimum absolute atomic E-state index is 0.0624. The molecule has 5 nitrogen and oxygen atoms in total. The molecule has 2 rings (SSSR count). The quantitative estimate of drug-likeness (QED) is 0.824. The molecule has 1 saturated heterocycles. The summed E-state index contributed by atoms with van der Waals surface area (Å²) in [5, 5.41) is 6.63. The van der Waals surface area contributed by atoms with Crippen LogP contribution in [0.25, 0.3) is 0 Å². The number of hydrogen-bond donors (Lipinski definition) is 1. The van der Waals surface area contributed by atoms with Crippen LogP contribution in [0.5, 0.6) is 0 Å². The van der Waals surface area contributed by atoms with Crippen LogP contribution in [0.15, 0.2) is 0 Å². The topological polar surface area (TPSA) is 61.9 Å². The summed E-state index contributed by atoms with van der Waals surface area (Å²) < 4.78 is 0.254. The highest BCUT2D eigenvalue weighted by molar-refractivity contribution is 8.00. The van der Waals surface area contributed by atoms with Crippen molar-refractivity contribution in [1.82, 2.24) is 20.1 Å². The normalized spacial score (nSPS) is 20.1. The van der Waals surface area contributed by atoms with Crippen molar-refractivity contribution in [2.75, 3.05) is 18.8 Å². The molecular weight excluding hydrogens is 236 g/mol. The van der Waals surface area contributed by atoms with Crippen LogP contribution in [0.3, 0.4) is 0 Å². The van der Waals surface area contributed by atoms with E-state index in [9.17, 15) is 4.79 Å². The molecule has 0 aromatic carbocycles. The molecule has 1 aromatic heterocycles. The second-order valence-corrected chi connectivity index (χ2v) is 6.70. The lowest BCUT2D eigenvalue weighted by atomic mass is 10.1. The number of nitrogens with zero attached hydrogens (tertiary/aromatic N) is 3. The van der Waals surface area contributed by atoms with Gasteiger partial charge in [-0.2, -0.15) is 11.8 Å². The number of hydrogen-bond acceptors (Lipinski definition) is 4. The van der Waals surface area contributed by atoms with Crippen molar-refractivity contribution in [3.8, 4) is 0 Å². The Morgan fingerprint density at radius 3 is 2.88 bits per heavy atom. The van der Waals surface area contributed by atoms with Crippen LogP contribution in [-0.2, 0) is 0 Å². The van der Waals surface area contributed by atoms with E-state index < -0.39 is 0 Å². The van der Waals surface area contributed by atoms with E-state index in [1.165, 1.54) is 0 Å². The van der Waals surface area contributed by atoms with Gasteiger partial charge in [-0.25, -0.2) is 4.98 Å². The van der Waals surface area contributed by atoms with E-state index in [0.717, 1.165) is 25.3 Å². The van der Waals surface area contributed by atoms with Gasteiger partial charge >= 0.3 is 0 Å². The minimum Gasteiger partial charge on any atom is -0.335 e. The molecule has 0 unspecified atom stereocenters. The molecule has 1 aromatic rings. The van der Waals surface area contributed by atoms with E-state index in [0.29, 0.717) is 5.82 Å². The summed E-state index contributed by atoms with van der Waals surface area (Å²) in [5.74, 6) is 1.88. The molecule has 6 heteroatoms. The third-order valence-corrected chi connectivity index (χ3v) is 4.29. The van der Waals surface area contributed by atoms with E-state index in [2.05, 4.69) is 29.0 Å². The van der Waals surface area contributed by atoms with Crippen molar-refractivity contribution < 1.29 is 4.79 Å². The first kappa shape index (κ1) is 12.4. The first-order valence-corrected chi connectivity index (χ1v) is 6.79. The monoisotopic (exact) mass is 254 g/mol. The molecule has 1 N–H and O–H groups in total. The van der Waals surface area contributed by atoms with Crippen LogP contribution in [-0.4, -0.2) is 49.6 Å². The van der Waals surface area contributed by atoms with Crippen molar-refractivity contribution in [2.24, 2.45) is 0 Å². The van der Waals surface area contributed by atoms with Gasteiger partial charge in [0.05, 0.1) is 0 Å². The largest absolute Gasteiger partial charge is 0.335 e. The average Bonchev–Trinajstić information content (AvgIpc) is 2.60. The Morgan fingerprint density at radius 1 is 1.47 bits per heavy atom. The Labute approximate surface area is 105 Å². The van der Waals surface area contributed by atoms with Gasteiger partial charge in [-0.3, -0.25) is 9.89 Å². The molecule has 0 atom stereocenters. The van der Waals surface area contributed by atoms with E-state index in [4.69, 9.17) is 0 Å². The van der Waals surface area contributed by atoms with Crippen molar-refractivity contribution in [1.29, 1.82) is 0 Å². The molecule has 1 fully saturated rings. The highest BCUT2D eigenvalue weighted by Gasteiger charge is 2.27. The zero-order valence-corrected chi connectivity index (χ0v) is 11.3. The summed E-state index contributed by atoms with van der Waals surface area (Å²) in [5.41, 5.74) is 0. The molecule has 0 radical (unpaired) electrons. The van der Waals surface area contributed by atoms with Crippen LogP contribution in [0.1, 0.15) is 36.7 Å². The first-order valence-electron chi connectivity index (χ1n) is 5.80. The Morgan fingerprint density at radius 2 is 2.24 bits per heavy atom. The number of H-pyrrole nitrogens is 1. The smallest absolute Gasteiger partial charge is 0.293 e. The fourth-order valence-corrected chi connectivity index (χ4v) is 2.90. The summed E-state index contributed by atoms with van der Waals surface area (Å²) >= 11 is 1.92. The molecule has 1 amide bonds. The Bertz CT molecular complexity index is 415. The third-order valence-electron chi connectivity index (χ3n) is 2.91. The fourth-order valence-electron chi connectivity index (χ4n) is 1.80. The average molecular weight is 254 g/mol. The van der Waals surface area contributed by atoms with Crippen molar-refractivity contribution in [3.05, 3.63) is 11.6 Å². The number of thioether (sulfide) groups is 1. The van der Waals surface area contributed by atoms with Crippen molar-refractivity contribution in [3.63, 3.8) is 0 Å². The fraction of sp³-hybridized carbons (Fsp3) is 0.727. The minimum atomic E-state index is -0.0624. The molecule has 17 heavy (non-hydrogen) atoms. The van der Waals surface area contributed by atoms with Gasteiger partial charge < -0.3 is 4.90 Å². The molecule has 0 aliphatic carbocycles. The van der Waals surface area contributed by atoms with E-state index >= 15 is 0 Å². The number of aromatic amines is 1. The number of nitrogens with one attached hydrogen (secondary N) is 1. The predicted octanol–water partition coefficient (Wildman–Crippen LogP) is 1.47. The molecule has 1 aliphatic rings. The molecule has 94 valence electrons. The summed E-state index contributed by atoms with van der Waals surface area (Å²) in [6.07, 6.45) is 1.01. The summed E-state index contributed by atoms with van der Waals surface area (Å²) in [6, 6.07) is 0. The van der Waals surface area contributed by atoms with E-state index in [-0.39, 0.29) is 16.5 Å². The van der Waals surface area contributed by atoms with E-state index in [1.54, 1.807) is 6.92 Å². The number of aryl methyl sites for hydroxylation is 1. The van der Waals surface area contributed by atoms with Gasteiger partial charge in [0.25, 0.3) is 5.91 Å². The predicted molar refractivity (Wildman–Crippen MR) is 68.2 cm³/mol. The Hall–Kier alpha value is -1.04. The van der Waals surface area contributed by atoms with Gasteiger partial charge in [-0.15, -0.1) is 5.10 Å². The maximum Gasteiger partial charge on any atom is 0.293 e. The SMILES string of the molecule is Cc1nc(C(=O)N2CCSC(C)(C)CC2)n[nH]1. The molecule has 0 spiro atoms. The van der Waals surface area contributed by atoms with Gasteiger partial charge in [0.15, 0.2) is 0 Å². The second kappa shape index (κ2) is 4.68. The zero-order chi connectivity index (χ0) is 12.5. The second-order valence-electron chi connectivity index (χ2n) is 4.89. The highest BCUT2D eigenvalue weighted by atomic mass is 32.2. The standard InChI is InChI=1S/C11H18N4OS/c1-8-12-9(14-13-8)10(16)15-5-4-11(2,3)17-7-6-15/h4-7H2,1-3H3,(H,12,13,14). The number of carbonyl (C=O) groups is 1. The molecule has 2 heterocycles. The van der Waals surface area contributed by atoms with Gasteiger partial charge in [-0.1, -0.05) is 13.8 Å². The first-order chi connectivity index (χ1) is 7.98. The number of aromatic nitrogens is 3. The molecule has 0 saturated carbocycles. The third kappa shape index (κ3) is 3.00. The number of carbonyl (C=O) groups excluding carboxylic acids is 1. The Kier molecular flexibility index (Phi) is 3.42. The van der Waals surface area contributed by atoms with Gasteiger partial charge in [-0.05, 0) is 13.3 Å². The molecule has 1 aliphatic heterocycles. The summed E-state index contributed by atoms with van der Waals surface area (Å²) in [6.45, 7) is 7.81. The maximum absolute atomic E-state index is 12.1. The van der Waals surface area contributed by atoms with Crippen LogP contribution >= 0.6 is 11.8 Å². The molecule has 0 bridgehead atoms. The van der Waals surface area contributed by atoms with Crippen LogP contribution in [0, 0.1) is 6.92 Å². The highest BCUT2D eigenvalue weighted by Crippen LogP contribution is 2.30. The number of amides is 1. The van der Waals surface area contributed by atoms with Gasteiger partial charge in [0, 0.05) is 23.6 Å². The van der Waals surface area contributed by atoms with Crippen LogP contribution in [0.4, 0.5) is 0 Å². The van der Waals surface area contributed by atoms with Gasteiger partial charge in [0.1, 0.15) is 5.82 Å². The lowest BCUT2D eigenvalue weighted by molar-refractivity contribution is 0.0752. The van der Waals surface area contributed by atoms with Crippen LogP contribution in [0.2, 0.25) is 0 Å². The zero-order valence-electron chi connectivity index (χ0n) is 10.5. The van der Waals surface area contributed by atoms with E-state index in [1.807, 2.05) is 16.7 Å². The van der Waals surface area contributed by atoms with Crippen molar-refractivity contribution >= 4 is 17.7 Å². The Balaban J connectivity index is 2.05. The molecular formula is C11H18N4OS. The van der Waals surface area contributed by atoms with Gasteiger partial charge in [0.2, 0.25) is 5.82 Å². The summed E-state index contributed by atoms with van der Waals surface area (Å²) in [7, 11) is 0. The van der Waals surface area contributed by atoms with Crippen molar-refractivity contribution in [2.45, 2.75) is 31.9 Å². The lowest BCUT2D eigenvalue weighted by Gasteiger charge is -2.21. The summed E-state index contributed by atoms with van der Waals surface area (Å²) in [4.78, 5) is 18.1. The van der Waals surface area contributed by atoms with Crippen LogP contribution < -0.4 is 0 Å².